The van der Waals surface area contributed by atoms with E-state index in [9.17, 15) is 11.6 Å². The van der Waals surface area contributed by atoms with Gasteiger partial charge in [-0.15, -0.1) is 0 Å². The van der Waals surface area contributed by atoms with E-state index < -0.39 is 141 Å². The number of methoxy groups -OCH3 is 2. The third kappa shape index (κ3) is 4.75. The van der Waals surface area contributed by atoms with Gasteiger partial charge >= 0.3 is 5.97 Å². The minimum Gasteiger partial charge on any atom is -0.493 e. The number of fused-ring (bicyclic) bond motifs is 3. The predicted octanol–water partition coefficient (Wildman–Crippen LogP) is 3.56. The molecular formula is C24H38N2O4. The average Bonchev–Trinajstić information content (AvgIpc) is 2.97. The molecule has 0 radical (unpaired) electrons. The third-order valence-corrected chi connectivity index (χ3v) is 3.94. The first-order valence-electron chi connectivity index (χ1n) is 22.3. The molecule has 30 heavy (non-hydrogen) atoms. The van der Waals surface area contributed by atoms with Crippen molar-refractivity contribution in [2.45, 2.75) is 64.8 Å². The molecule has 0 amide bonds. The van der Waals surface area contributed by atoms with Gasteiger partial charge in [0, 0.05) is 58.7 Å². The number of piperidine rings is 1. The summed E-state index contributed by atoms with van der Waals surface area (Å²) in [5, 5.41) is 0. The molecule has 1 aromatic rings. The van der Waals surface area contributed by atoms with Crippen LogP contribution in [0.5, 0.6) is 11.5 Å². The molecule has 4 unspecified atom stereocenters. The zero-order chi connectivity index (χ0) is 46.4. The van der Waals surface area contributed by atoms with Gasteiger partial charge in [0.25, 0.3) is 0 Å². The van der Waals surface area contributed by atoms with Crippen LogP contribution in [0.25, 0.3) is 0 Å². The minimum absolute atomic E-state index is 0.248. The highest BCUT2D eigenvalue weighted by Gasteiger charge is 2.41. The molecule has 2 heterocycles. The van der Waals surface area contributed by atoms with Gasteiger partial charge in [-0.3, -0.25) is 9.69 Å². The first-order valence-corrected chi connectivity index (χ1v) is 8.30. The van der Waals surface area contributed by atoms with Crippen LogP contribution >= 0.6 is 0 Å². The molecule has 0 bridgehead atoms. The number of rotatable bonds is 7. The fraction of sp³-hybridized carbons (Fsp3) is 0.708. The Morgan fingerprint density at radius 1 is 1.47 bits per heavy atom. The normalized spacial score (nSPS) is 56.5. The van der Waals surface area contributed by atoms with Crippen molar-refractivity contribution < 1.29 is 57.4 Å². The summed E-state index contributed by atoms with van der Waals surface area (Å²) in [6, 6.07) is -11.1. The number of esters is 1. The molecule has 2 aliphatic rings. The lowest BCUT2D eigenvalue weighted by molar-refractivity contribution is -0.160. The molecule has 0 aromatic heterocycles. The molecule has 0 saturated carbocycles. The Morgan fingerprint density at radius 3 is 2.97 bits per heavy atom. The summed E-state index contributed by atoms with van der Waals surface area (Å²) in [5.74, 6) is -18.2. The second kappa shape index (κ2) is 9.56. The van der Waals surface area contributed by atoms with Gasteiger partial charge < -0.3 is 19.9 Å². The van der Waals surface area contributed by atoms with Crippen molar-refractivity contribution in [2.75, 3.05) is 27.1 Å². The number of nitrogens with two attached hydrogens (primary N) is 1. The second-order valence-corrected chi connectivity index (χ2v) is 6.00. The van der Waals surface area contributed by atoms with Crippen molar-refractivity contribution in [3.05, 3.63) is 23.2 Å². The third-order valence-electron chi connectivity index (χ3n) is 3.94. The first kappa shape index (κ1) is 6.16. The van der Waals surface area contributed by atoms with E-state index in [1.165, 1.54) is 0 Å². The van der Waals surface area contributed by atoms with Gasteiger partial charge in [0.05, 0.1) is 25.1 Å². The van der Waals surface area contributed by atoms with E-state index in [-0.39, 0.29) is 6.92 Å². The topological polar surface area (TPSA) is 74.0 Å². The minimum atomic E-state index is -4.75. The second-order valence-electron chi connectivity index (χ2n) is 6.00. The standard InChI is InChI=1S/C24H38N2O4/c1-14(2)9-17-13-26-8-7-16-10-21(28-5)22(29-6)11-18(16)19(26)12-20(17)30-24(27)23(25)15(3)4/h10-11,14-15,17,19-20,23H,7-9,12-13,25H2,1-6H3/t17?,19?,20?,23-/m0/s1/i1D3,3D3,4D3,5D3,7D2,8D2,9D2,10D,11D,13D2,14D,15D,17D,19D,20D,23D/t14?,17?,19?,20?,23-. The van der Waals surface area contributed by atoms with Crippen LogP contribution in [0, 0.1) is 17.7 Å². The van der Waals surface area contributed by atoms with Crippen molar-refractivity contribution in [1.82, 2.24) is 4.90 Å². The Bertz CT molecular complexity index is 1820. The highest BCUT2D eigenvalue weighted by molar-refractivity contribution is 5.76. The maximum absolute atomic E-state index is 14.0. The summed E-state index contributed by atoms with van der Waals surface area (Å²) in [6.07, 6.45) is -15.2. The molecular weight excluding hydrogens is 380 g/mol. The molecule has 1 fully saturated rings. The lowest BCUT2D eigenvalue weighted by Gasteiger charge is -2.47. The van der Waals surface area contributed by atoms with Crippen LogP contribution in [0.4, 0.5) is 0 Å². The van der Waals surface area contributed by atoms with Crippen molar-refractivity contribution in [3.8, 4) is 11.5 Å². The van der Waals surface area contributed by atoms with Crippen LogP contribution in [0.15, 0.2) is 12.1 Å². The monoisotopic (exact) mass is 446 g/mol. The van der Waals surface area contributed by atoms with Crippen LogP contribution in [0.1, 0.15) is 95.8 Å². The summed E-state index contributed by atoms with van der Waals surface area (Å²) >= 11 is 0. The zero-order valence-electron chi connectivity index (χ0n) is 43.9. The van der Waals surface area contributed by atoms with Gasteiger partial charge in [-0.25, -0.2) is 0 Å². The summed E-state index contributed by atoms with van der Waals surface area (Å²) in [4.78, 5) is 13.4. The maximum Gasteiger partial charge on any atom is 0.323 e. The number of hydrogen-bond acceptors (Lipinski definition) is 6. The number of carbonyl (C=O) groups is 1. The zero-order valence-corrected chi connectivity index (χ0v) is 15.9. The number of benzene rings is 1. The number of carbonyl (C=O) groups excluding carboxylic acids is 1. The number of ether oxygens (including phenoxy) is 3. The molecule has 1 saturated heterocycles. The molecule has 3 rings (SSSR count). The predicted molar refractivity (Wildman–Crippen MR) is 118 cm³/mol. The van der Waals surface area contributed by atoms with Gasteiger partial charge in [0.2, 0.25) is 0 Å². The largest absolute Gasteiger partial charge is 0.493 e. The molecule has 2 aliphatic heterocycles. The van der Waals surface area contributed by atoms with E-state index >= 15 is 0 Å². The summed E-state index contributed by atoms with van der Waals surface area (Å²) < 4.78 is 251. The molecule has 168 valence electrons. The molecule has 2 N–H and O–H groups in total. The van der Waals surface area contributed by atoms with Crippen molar-refractivity contribution in [2.24, 2.45) is 23.4 Å². The Labute approximate surface area is 220 Å². The molecule has 6 nitrogen and oxygen atoms in total. The Hall–Kier alpha value is -1.79. The molecule has 1 aromatic carbocycles. The summed E-state index contributed by atoms with van der Waals surface area (Å²) in [5.41, 5.74) is 2.74. The Kier molecular flexibility index (Phi) is 1.97. The SMILES string of the molecule is [2H]c1c(OC)c(OC([2H])([2H])[2H])c([2H])c2c1C1([2H])CC([2H])(OC(=O)[C@@]([2H])(N)C([2H])(C([2H])([2H])[2H])C([2H])([2H])[2H])C([2H])(C([2H])([2H])C([2H])(C)C([2H])([2H])[2H])C([2H])([2H])N1C([2H])([2H])C2([2H])[2H]. The van der Waals surface area contributed by atoms with Gasteiger partial charge in [-0.1, -0.05) is 27.5 Å². The molecule has 0 spiro atoms. The molecule has 5 atom stereocenters. The average molecular weight is 447 g/mol. The van der Waals surface area contributed by atoms with E-state index in [0.29, 0.717) is 0 Å². The first-order chi connectivity index (χ1) is 25.1. The van der Waals surface area contributed by atoms with Crippen LogP contribution < -0.4 is 15.2 Å². The Balaban J connectivity index is 2.72. The fourth-order valence-corrected chi connectivity index (χ4v) is 2.60. The lowest BCUT2D eigenvalue weighted by atomic mass is 9.79. The molecule has 0 aliphatic carbocycles. The van der Waals surface area contributed by atoms with Crippen molar-refractivity contribution >= 4 is 5.97 Å². The molecule has 6 heteroatoms. The van der Waals surface area contributed by atoms with Gasteiger partial charge in [0.1, 0.15) is 12.1 Å². The van der Waals surface area contributed by atoms with E-state index in [0.717, 1.165) is 7.11 Å². The van der Waals surface area contributed by atoms with Gasteiger partial charge in [-0.2, -0.15) is 0 Å². The van der Waals surface area contributed by atoms with Gasteiger partial charge in [0.15, 0.2) is 11.5 Å². The van der Waals surface area contributed by atoms with E-state index in [1.807, 2.05) is 0 Å². The van der Waals surface area contributed by atoms with Crippen molar-refractivity contribution in [3.63, 3.8) is 0 Å². The van der Waals surface area contributed by atoms with Gasteiger partial charge in [-0.05, 0) is 47.7 Å². The van der Waals surface area contributed by atoms with E-state index in [4.69, 9.17) is 51.5 Å². The maximum atomic E-state index is 14.0. The Morgan fingerprint density at radius 2 is 2.27 bits per heavy atom. The number of nitrogens with zero attached hydrogens (tertiary/aromatic N) is 1. The number of hydrogen-bond donors (Lipinski definition) is 1. The van der Waals surface area contributed by atoms with E-state index in [2.05, 4.69) is 0 Å². The summed E-state index contributed by atoms with van der Waals surface area (Å²) in [6.45, 7) is -21.1. The van der Waals surface area contributed by atoms with Crippen LogP contribution in [-0.2, 0) is 15.9 Å². The van der Waals surface area contributed by atoms with E-state index in [1.54, 1.807) is 0 Å². The quantitative estimate of drug-likeness (QED) is 0.646. The van der Waals surface area contributed by atoms with Crippen molar-refractivity contribution in [1.29, 1.82) is 0 Å². The fourth-order valence-electron chi connectivity index (χ4n) is 2.60. The lowest BCUT2D eigenvalue weighted by Crippen LogP contribution is -2.51. The smallest absolute Gasteiger partial charge is 0.323 e. The van der Waals surface area contributed by atoms with Crippen LogP contribution in [-0.4, -0.2) is 50.1 Å². The van der Waals surface area contributed by atoms with Crippen LogP contribution in [0.2, 0.25) is 0 Å². The highest BCUT2D eigenvalue weighted by atomic mass is 16.5. The summed E-state index contributed by atoms with van der Waals surface area (Å²) in [7, 11) is -2.73. The van der Waals surface area contributed by atoms with Crippen LogP contribution in [0.3, 0.4) is 0 Å². The highest BCUT2D eigenvalue weighted by Crippen LogP contribution is 2.44.